The standard InChI is InChI=1S/C16H21N3O2/c17-15(18-21)14-6-1-2-9-19(14)16(20)13-8-7-11-4-3-5-12(11)10-13/h7-8,10,14,21H,1-6,9H2,(H2,17,18). The van der Waals surface area contributed by atoms with Crippen LogP contribution in [0.5, 0.6) is 0 Å². The summed E-state index contributed by atoms with van der Waals surface area (Å²) >= 11 is 0. The highest BCUT2D eigenvalue weighted by atomic mass is 16.4. The maximum Gasteiger partial charge on any atom is 0.254 e. The van der Waals surface area contributed by atoms with Gasteiger partial charge in [0, 0.05) is 12.1 Å². The Morgan fingerprint density at radius 2 is 2.05 bits per heavy atom. The van der Waals surface area contributed by atoms with Crippen LogP contribution in [0.3, 0.4) is 0 Å². The molecule has 1 heterocycles. The van der Waals surface area contributed by atoms with E-state index in [1.54, 1.807) is 4.90 Å². The molecule has 1 fully saturated rings. The van der Waals surface area contributed by atoms with Crippen molar-refractivity contribution in [1.82, 2.24) is 4.90 Å². The zero-order valence-corrected chi connectivity index (χ0v) is 12.1. The van der Waals surface area contributed by atoms with Crippen molar-refractivity contribution >= 4 is 11.7 Å². The second-order valence-electron chi connectivity index (χ2n) is 5.87. The topological polar surface area (TPSA) is 78.9 Å². The molecule has 0 spiro atoms. The van der Waals surface area contributed by atoms with Gasteiger partial charge in [-0.1, -0.05) is 11.2 Å². The number of nitrogens with two attached hydrogens (primary N) is 1. The van der Waals surface area contributed by atoms with E-state index in [1.165, 1.54) is 17.5 Å². The van der Waals surface area contributed by atoms with Crippen LogP contribution in [0.4, 0.5) is 0 Å². The van der Waals surface area contributed by atoms with Crippen LogP contribution in [-0.4, -0.2) is 34.4 Å². The van der Waals surface area contributed by atoms with Crippen LogP contribution in [0.1, 0.15) is 47.2 Å². The average Bonchev–Trinajstić information content (AvgIpc) is 3.01. The van der Waals surface area contributed by atoms with Gasteiger partial charge in [-0.15, -0.1) is 0 Å². The smallest absolute Gasteiger partial charge is 0.254 e. The summed E-state index contributed by atoms with van der Waals surface area (Å²) in [6, 6.07) is 5.70. The highest BCUT2D eigenvalue weighted by Gasteiger charge is 2.30. The molecule has 1 atom stereocenters. The molecule has 0 aromatic heterocycles. The molecule has 3 N–H and O–H groups in total. The molecule has 112 valence electrons. The molecule has 5 heteroatoms. The maximum atomic E-state index is 12.8. The number of piperidine rings is 1. The molecular formula is C16H21N3O2. The molecule has 0 bridgehead atoms. The van der Waals surface area contributed by atoms with Crippen LogP contribution in [-0.2, 0) is 12.8 Å². The van der Waals surface area contributed by atoms with Crippen molar-refractivity contribution < 1.29 is 10.0 Å². The predicted molar refractivity (Wildman–Crippen MR) is 80.6 cm³/mol. The van der Waals surface area contributed by atoms with E-state index in [9.17, 15) is 4.79 Å². The number of likely N-dealkylation sites (tertiary alicyclic amines) is 1. The molecule has 1 aromatic carbocycles. The molecule has 1 aromatic rings. The summed E-state index contributed by atoms with van der Waals surface area (Å²) in [6.07, 6.45) is 6.05. The molecule has 2 aliphatic rings. The Morgan fingerprint density at radius 1 is 1.24 bits per heavy atom. The summed E-state index contributed by atoms with van der Waals surface area (Å²) in [4.78, 5) is 14.5. The highest BCUT2D eigenvalue weighted by molar-refractivity contribution is 5.98. The second-order valence-corrected chi connectivity index (χ2v) is 5.87. The van der Waals surface area contributed by atoms with E-state index in [2.05, 4.69) is 11.2 Å². The fourth-order valence-corrected chi connectivity index (χ4v) is 3.42. The monoisotopic (exact) mass is 287 g/mol. The third-order valence-electron chi connectivity index (χ3n) is 4.57. The fraction of sp³-hybridized carbons (Fsp3) is 0.500. The Bertz CT molecular complexity index is 583. The first-order valence-corrected chi connectivity index (χ1v) is 7.61. The van der Waals surface area contributed by atoms with Crippen LogP contribution < -0.4 is 5.73 Å². The Balaban J connectivity index is 1.86. The van der Waals surface area contributed by atoms with Crippen molar-refractivity contribution in [2.45, 2.75) is 44.6 Å². The molecule has 5 nitrogen and oxygen atoms in total. The Labute approximate surface area is 124 Å². The number of rotatable bonds is 2. The lowest BCUT2D eigenvalue weighted by Crippen LogP contribution is -2.50. The predicted octanol–water partition coefficient (Wildman–Crippen LogP) is 1.92. The van der Waals surface area contributed by atoms with Gasteiger partial charge in [0.25, 0.3) is 5.91 Å². The summed E-state index contributed by atoms with van der Waals surface area (Å²) in [7, 11) is 0. The molecule has 21 heavy (non-hydrogen) atoms. The van der Waals surface area contributed by atoms with E-state index < -0.39 is 0 Å². The third kappa shape index (κ3) is 2.60. The number of amidine groups is 1. The zero-order chi connectivity index (χ0) is 14.8. The first-order chi connectivity index (χ1) is 10.2. The van der Waals surface area contributed by atoms with Gasteiger partial charge in [-0.3, -0.25) is 4.79 Å². The van der Waals surface area contributed by atoms with E-state index >= 15 is 0 Å². The quantitative estimate of drug-likeness (QED) is 0.377. The van der Waals surface area contributed by atoms with Gasteiger partial charge in [-0.2, -0.15) is 0 Å². The molecule has 1 saturated heterocycles. The number of carbonyl (C=O) groups excluding carboxylic acids is 1. The number of oxime groups is 1. The number of nitrogens with zero attached hydrogens (tertiary/aromatic N) is 2. The molecule has 1 aliphatic carbocycles. The lowest BCUT2D eigenvalue weighted by molar-refractivity contribution is 0.0676. The fourth-order valence-electron chi connectivity index (χ4n) is 3.42. The lowest BCUT2D eigenvalue weighted by atomic mass is 9.99. The molecule has 1 aliphatic heterocycles. The molecule has 0 saturated carbocycles. The molecular weight excluding hydrogens is 266 g/mol. The SMILES string of the molecule is NC(=NO)C1CCCCN1C(=O)c1ccc2c(c1)CCC2. The van der Waals surface area contributed by atoms with Crippen LogP contribution in [0.2, 0.25) is 0 Å². The average molecular weight is 287 g/mol. The lowest BCUT2D eigenvalue weighted by Gasteiger charge is -2.35. The van der Waals surface area contributed by atoms with E-state index in [1.807, 2.05) is 12.1 Å². The summed E-state index contributed by atoms with van der Waals surface area (Å²) in [6.45, 7) is 0.663. The van der Waals surface area contributed by atoms with Crippen LogP contribution >= 0.6 is 0 Å². The van der Waals surface area contributed by atoms with Gasteiger partial charge < -0.3 is 15.8 Å². The van der Waals surface area contributed by atoms with Gasteiger partial charge in [0.15, 0.2) is 5.84 Å². The number of benzene rings is 1. The van der Waals surface area contributed by atoms with Crippen molar-refractivity contribution in [2.24, 2.45) is 10.9 Å². The Morgan fingerprint density at radius 3 is 2.86 bits per heavy atom. The van der Waals surface area contributed by atoms with Crippen molar-refractivity contribution in [3.8, 4) is 0 Å². The summed E-state index contributed by atoms with van der Waals surface area (Å²) in [5.74, 6) is 0.116. The minimum atomic E-state index is -0.287. The van der Waals surface area contributed by atoms with Gasteiger partial charge in [-0.05, 0) is 61.8 Å². The molecule has 3 rings (SSSR count). The van der Waals surface area contributed by atoms with Gasteiger partial charge in [-0.25, -0.2) is 0 Å². The van der Waals surface area contributed by atoms with Crippen molar-refractivity contribution in [2.75, 3.05) is 6.54 Å². The summed E-state index contributed by atoms with van der Waals surface area (Å²) in [5, 5.41) is 12.0. The summed E-state index contributed by atoms with van der Waals surface area (Å²) < 4.78 is 0. The summed E-state index contributed by atoms with van der Waals surface area (Å²) in [5.41, 5.74) is 9.12. The van der Waals surface area contributed by atoms with Crippen molar-refractivity contribution in [1.29, 1.82) is 0 Å². The molecule has 1 amide bonds. The first kappa shape index (κ1) is 13.9. The van der Waals surface area contributed by atoms with Crippen molar-refractivity contribution in [3.63, 3.8) is 0 Å². The minimum absolute atomic E-state index is 0.0130. The Kier molecular flexibility index (Phi) is 3.82. The first-order valence-electron chi connectivity index (χ1n) is 7.61. The number of aryl methyl sites for hydroxylation is 2. The normalized spacial score (nSPS) is 22.2. The van der Waals surface area contributed by atoms with Gasteiger partial charge in [0.05, 0.1) is 6.04 Å². The third-order valence-corrected chi connectivity index (χ3v) is 4.57. The van der Waals surface area contributed by atoms with Crippen LogP contribution in [0.25, 0.3) is 0 Å². The van der Waals surface area contributed by atoms with Gasteiger partial charge in [0.1, 0.15) is 0 Å². The van der Waals surface area contributed by atoms with E-state index in [0.29, 0.717) is 12.1 Å². The van der Waals surface area contributed by atoms with Gasteiger partial charge >= 0.3 is 0 Å². The number of carbonyl (C=O) groups is 1. The van der Waals surface area contributed by atoms with Gasteiger partial charge in [0.2, 0.25) is 0 Å². The highest BCUT2D eigenvalue weighted by Crippen LogP contribution is 2.25. The van der Waals surface area contributed by atoms with E-state index in [0.717, 1.165) is 32.1 Å². The number of fused-ring (bicyclic) bond motifs is 1. The van der Waals surface area contributed by atoms with Crippen LogP contribution in [0.15, 0.2) is 23.4 Å². The van der Waals surface area contributed by atoms with E-state index in [4.69, 9.17) is 10.9 Å². The zero-order valence-electron chi connectivity index (χ0n) is 12.1. The number of amides is 1. The van der Waals surface area contributed by atoms with E-state index in [-0.39, 0.29) is 17.8 Å². The van der Waals surface area contributed by atoms with Crippen molar-refractivity contribution in [3.05, 3.63) is 34.9 Å². The minimum Gasteiger partial charge on any atom is -0.409 e. The van der Waals surface area contributed by atoms with Crippen LogP contribution in [0, 0.1) is 0 Å². The molecule has 1 unspecified atom stereocenters. The second kappa shape index (κ2) is 5.76. The largest absolute Gasteiger partial charge is 0.409 e. The maximum absolute atomic E-state index is 12.8. The Hall–Kier alpha value is -2.04. The molecule has 0 radical (unpaired) electrons. The number of hydrogen-bond acceptors (Lipinski definition) is 3. The number of hydrogen-bond donors (Lipinski definition) is 2.